The zero-order valence-corrected chi connectivity index (χ0v) is 19.4. The van der Waals surface area contributed by atoms with E-state index in [4.69, 9.17) is 39.5 Å². The second kappa shape index (κ2) is 9.71. The first-order chi connectivity index (χ1) is 15.8. The number of carbonyl (C=O) groups is 4. The molecule has 1 aliphatic carbocycles. The number of imide groups is 1. The van der Waals surface area contributed by atoms with E-state index in [1.54, 1.807) is 24.3 Å². The van der Waals surface area contributed by atoms with Crippen molar-refractivity contribution >= 4 is 69.9 Å². The van der Waals surface area contributed by atoms with Crippen LogP contribution < -0.4 is 10.2 Å². The highest BCUT2D eigenvalue weighted by Gasteiger charge is 2.52. The van der Waals surface area contributed by atoms with Crippen molar-refractivity contribution in [3.05, 3.63) is 59.1 Å². The number of nitrogens with one attached hydrogen (secondary N) is 1. The number of amides is 3. The minimum absolute atomic E-state index is 0.169. The molecule has 0 spiro atoms. The summed E-state index contributed by atoms with van der Waals surface area (Å²) in [5.74, 6) is -2.87. The maximum atomic E-state index is 12.8. The molecule has 1 saturated carbocycles. The maximum Gasteiger partial charge on any atom is 0.338 e. The van der Waals surface area contributed by atoms with Crippen LogP contribution in [0.3, 0.4) is 0 Å². The largest absolute Gasteiger partial charge is 0.452 e. The van der Waals surface area contributed by atoms with Gasteiger partial charge in [-0.3, -0.25) is 19.3 Å². The number of ether oxygens (including phenoxy) is 1. The fourth-order valence-corrected chi connectivity index (χ4v) is 4.83. The Morgan fingerprint density at radius 2 is 1.52 bits per heavy atom. The lowest BCUT2D eigenvalue weighted by Crippen LogP contribution is -2.34. The second-order valence-corrected chi connectivity index (χ2v) is 9.41. The normalized spacial score (nSPS) is 24.4. The van der Waals surface area contributed by atoms with Crippen LogP contribution in [0, 0.1) is 11.8 Å². The number of rotatable bonds is 5. The summed E-state index contributed by atoms with van der Waals surface area (Å²) in [5, 5.41) is 2.19. The van der Waals surface area contributed by atoms with E-state index in [1.807, 2.05) is 0 Å². The van der Waals surface area contributed by atoms with Crippen molar-refractivity contribution in [2.24, 2.45) is 11.8 Å². The number of fused-ring (bicyclic) bond motifs is 1. The van der Waals surface area contributed by atoms with Gasteiger partial charge >= 0.3 is 5.97 Å². The Labute approximate surface area is 204 Å². The molecule has 0 radical (unpaired) electrons. The molecular formula is C23H19Cl3N2O5. The molecule has 1 saturated heterocycles. The molecule has 7 nitrogen and oxygen atoms in total. The van der Waals surface area contributed by atoms with E-state index < -0.39 is 30.3 Å². The highest BCUT2D eigenvalue weighted by atomic mass is 35.5. The molecule has 2 fully saturated rings. The van der Waals surface area contributed by atoms with Crippen LogP contribution in [0.25, 0.3) is 0 Å². The molecule has 2 aromatic rings. The van der Waals surface area contributed by atoms with E-state index in [0.717, 1.165) is 4.90 Å². The average Bonchev–Trinajstić information content (AvgIpc) is 3.03. The molecule has 1 N–H and O–H groups in total. The van der Waals surface area contributed by atoms with E-state index >= 15 is 0 Å². The van der Waals surface area contributed by atoms with Gasteiger partial charge < -0.3 is 10.1 Å². The number of halogens is 3. The summed E-state index contributed by atoms with van der Waals surface area (Å²) >= 11 is 18.4. The van der Waals surface area contributed by atoms with Gasteiger partial charge in [0, 0.05) is 0 Å². The molecule has 10 heteroatoms. The highest BCUT2D eigenvalue weighted by Crippen LogP contribution is 2.43. The number of esters is 1. The van der Waals surface area contributed by atoms with Crippen LogP contribution in [0.2, 0.25) is 5.02 Å². The van der Waals surface area contributed by atoms with Crippen LogP contribution >= 0.6 is 34.8 Å². The Hall–Kier alpha value is -2.61. The average molecular weight is 510 g/mol. The summed E-state index contributed by atoms with van der Waals surface area (Å²) in [4.78, 5) is 51.1. The van der Waals surface area contributed by atoms with E-state index in [2.05, 4.69) is 5.32 Å². The number of alkyl halides is 2. The maximum absolute atomic E-state index is 12.8. The van der Waals surface area contributed by atoms with Crippen molar-refractivity contribution < 1.29 is 23.9 Å². The quantitative estimate of drug-likeness (QED) is 0.370. The summed E-state index contributed by atoms with van der Waals surface area (Å²) in [5.41, 5.74) is 0.929. The molecule has 0 bridgehead atoms. The second-order valence-electron chi connectivity index (χ2n) is 7.88. The number of nitrogens with zero attached hydrogens (tertiary/aromatic N) is 1. The fraction of sp³-hybridized carbons (Fsp3) is 0.304. The van der Waals surface area contributed by atoms with Gasteiger partial charge in [0.15, 0.2) is 6.61 Å². The van der Waals surface area contributed by atoms with E-state index in [1.165, 1.54) is 24.3 Å². The number of hydrogen-bond donors (Lipinski definition) is 1. The van der Waals surface area contributed by atoms with Gasteiger partial charge in [-0.2, -0.15) is 0 Å². The first-order valence-corrected chi connectivity index (χ1v) is 11.5. The van der Waals surface area contributed by atoms with Gasteiger partial charge in [-0.1, -0.05) is 23.7 Å². The van der Waals surface area contributed by atoms with E-state index in [9.17, 15) is 19.2 Å². The van der Waals surface area contributed by atoms with Crippen molar-refractivity contribution in [3.8, 4) is 0 Å². The van der Waals surface area contributed by atoms with Crippen LogP contribution in [0.4, 0.5) is 11.4 Å². The van der Waals surface area contributed by atoms with Gasteiger partial charge in [0.2, 0.25) is 11.8 Å². The summed E-state index contributed by atoms with van der Waals surface area (Å²) in [7, 11) is 0. The zero-order chi connectivity index (χ0) is 23.7. The SMILES string of the molecule is O=C(COC(=O)c1ccc(N2C(=O)[C@@H]3C[C@@H](Cl)[C@@H](Cl)C[C@H]3C2=O)cc1)Nc1ccccc1Cl. The standard InChI is InChI=1S/C23H19Cl3N2O5/c24-16-3-1-2-4-19(16)27-20(29)11-33-23(32)12-5-7-13(8-6-12)28-21(30)14-9-17(25)18(26)10-15(14)22(28)31/h1-8,14-15,17-18H,9-11H2,(H,27,29)/t14-,15-,17-,18+/m1/s1. The van der Waals surface area contributed by atoms with Crippen LogP contribution in [0.15, 0.2) is 48.5 Å². The molecule has 33 heavy (non-hydrogen) atoms. The summed E-state index contributed by atoms with van der Waals surface area (Å²) in [6.45, 7) is -0.503. The molecule has 1 aliphatic heterocycles. The Kier molecular flexibility index (Phi) is 6.93. The lowest BCUT2D eigenvalue weighted by atomic mass is 9.80. The Morgan fingerprint density at radius 3 is 2.09 bits per heavy atom. The minimum atomic E-state index is -0.724. The highest BCUT2D eigenvalue weighted by molar-refractivity contribution is 6.33. The molecule has 2 aromatic carbocycles. The summed E-state index contributed by atoms with van der Waals surface area (Å²) < 4.78 is 5.04. The monoisotopic (exact) mass is 508 g/mol. The summed E-state index contributed by atoms with van der Waals surface area (Å²) in [6, 6.07) is 12.5. The molecule has 172 valence electrons. The van der Waals surface area contributed by atoms with Gasteiger partial charge in [-0.15, -0.1) is 23.2 Å². The lowest BCUT2D eigenvalue weighted by Gasteiger charge is -2.28. The Morgan fingerprint density at radius 1 is 0.939 bits per heavy atom. The number of para-hydroxylation sites is 1. The van der Waals surface area contributed by atoms with Gasteiger partial charge in [-0.25, -0.2) is 4.79 Å². The van der Waals surface area contributed by atoms with Gasteiger partial charge in [0.05, 0.1) is 44.6 Å². The van der Waals surface area contributed by atoms with Crippen LogP contribution in [-0.2, 0) is 19.1 Å². The molecule has 0 unspecified atom stereocenters. The molecule has 0 aromatic heterocycles. The topological polar surface area (TPSA) is 92.8 Å². The number of benzene rings is 2. The van der Waals surface area contributed by atoms with E-state index in [0.29, 0.717) is 29.2 Å². The first kappa shape index (κ1) is 23.5. The minimum Gasteiger partial charge on any atom is -0.452 e. The zero-order valence-electron chi connectivity index (χ0n) is 17.2. The van der Waals surface area contributed by atoms with Crippen molar-refractivity contribution in [3.63, 3.8) is 0 Å². The van der Waals surface area contributed by atoms with Crippen molar-refractivity contribution in [2.75, 3.05) is 16.8 Å². The lowest BCUT2D eigenvalue weighted by molar-refractivity contribution is -0.122. The number of carbonyl (C=O) groups excluding carboxylic acids is 4. The molecule has 4 rings (SSSR count). The predicted octanol–water partition coefficient (Wildman–Crippen LogP) is 4.25. The molecule has 4 atom stereocenters. The summed E-state index contributed by atoms with van der Waals surface area (Å²) in [6.07, 6.45) is 0.699. The van der Waals surface area contributed by atoms with Crippen LogP contribution in [-0.4, -0.2) is 41.1 Å². The smallest absolute Gasteiger partial charge is 0.338 e. The van der Waals surface area contributed by atoms with Gasteiger partial charge in [-0.05, 0) is 49.2 Å². The van der Waals surface area contributed by atoms with Crippen molar-refractivity contribution in [1.29, 1.82) is 0 Å². The first-order valence-electron chi connectivity index (χ1n) is 10.2. The van der Waals surface area contributed by atoms with Crippen molar-refractivity contribution in [2.45, 2.75) is 23.6 Å². The number of hydrogen-bond acceptors (Lipinski definition) is 5. The third-order valence-electron chi connectivity index (χ3n) is 5.76. The van der Waals surface area contributed by atoms with Crippen LogP contribution in [0.5, 0.6) is 0 Å². The third-order valence-corrected chi connectivity index (χ3v) is 7.18. The van der Waals surface area contributed by atoms with E-state index in [-0.39, 0.29) is 28.1 Å². The molecule has 2 aliphatic rings. The third kappa shape index (κ3) is 4.86. The Balaban J connectivity index is 1.37. The number of anilines is 2. The van der Waals surface area contributed by atoms with Gasteiger partial charge in [0.1, 0.15) is 0 Å². The predicted molar refractivity (Wildman–Crippen MR) is 125 cm³/mol. The molecular weight excluding hydrogens is 491 g/mol. The fourth-order valence-electron chi connectivity index (χ4n) is 4.06. The molecule has 3 amide bonds. The van der Waals surface area contributed by atoms with Gasteiger partial charge in [0.25, 0.3) is 5.91 Å². The Bertz CT molecular complexity index is 1080. The molecule has 1 heterocycles. The van der Waals surface area contributed by atoms with Crippen LogP contribution in [0.1, 0.15) is 23.2 Å². The van der Waals surface area contributed by atoms with Crippen molar-refractivity contribution in [1.82, 2.24) is 0 Å².